The van der Waals surface area contributed by atoms with Crippen molar-refractivity contribution in [3.05, 3.63) is 53.7 Å². The molecule has 0 radical (unpaired) electrons. The lowest BCUT2D eigenvalue weighted by Gasteiger charge is -2.39. The van der Waals surface area contributed by atoms with Crippen molar-refractivity contribution in [2.75, 3.05) is 11.5 Å². The highest BCUT2D eigenvalue weighted by molar-refractivity contribution is 7.93. The van der Waals surface area contributed by atoms with Crippen LogP contribution in [0.3, 0.4) is 0 Å². The minimum absolute atomic E-state index is 0.124. The van der Waals surface area contributed by atoms with Crippen molar-refractivity contribution < 1.29 is 31.1 Å². The second-order valence-corrected chi connectivity index (χ2v) is 11.2. The molecule has 192 valence electrons. The van der Waals surface area contributed by atoms with Crippen molar-refractivity contribution in [1.82, 2.24) is 15.3 Å². The summed E-state index contributed by atoms with van der Waals surface area (Å²) in [5.41, 5.74) is 7.11. The van der Waals surface area contributed by atoms with E-state index in [1.807, 2.05) is 0 Å². The van der Waals surface area contributed by atoms with E-state index in [9.17, 15) is 26.4 Å². The fourth-order valence-electron chi connectivity index (χ4n) is 4.43. The molecule has 36 heavy (non-hydrogen) atoms. The van der Waals surface area contributed by atoms with E-state index in [2.05, 4.69) is 25.0 Å². The summed E-state index contributed by atoms with van der Waals surface area (Å²) in [6.45, 7) is -1.35. The monoisotopic (exact) mass is 523 g/mol. The summed E-state index contributed by atoms with van der Waals surface area (Å²) in [5.74, 6) is -1.58. The number of sulfone groups is 1. The maximum absolute atomic E-state index is 13.3. The fourth-order valence-corrected chi connectivity index (χ4v) is 6.43. The third kappa shape index (κ3) is 6.01. The van der Waals surface area contributed by atoms with Crippen molar-refractivity contribution in [3.63, 3.8) is 0 Å². The Bertz CT molecular complexity index is 1320. The lowest BCUT2D eigenvalue weighted by Crippen LogP contribution is -2.64. The van der Waals surface area contributed by atoms with Crippen molar-refractivity contribution in [2.24, 2.45) is 16.6 Å². The fraction of sp³-hybridized carbons (Fsp3) is 0.391. The van der Waals surface area contributed by atoms with Gasteiger partial charge < -0.3 is 15.8 Å². The molecule has 1 aliphatic carbocycles. The highest BCUT2D eigenvalue weighted by Crippen LogP contribution is 2.33. The first-order chi connectivity index (χ1) is 16.9. The van der Waals surface area contributed by atoms with E-state index in [0.29, 0.717) is 29.7 Å². The lowest BCUT2D eigenvalue weighted by atomic mass is 9.81. The number of aliphatic imine (C=N–C) groups is 1. The Morgan fingerprint density at radius 2 is 2.03 bits per heavy atom. The van der Waals surface area contributed by atoms with Crippen LogP contribution in [0.5, 0.6) is 5.75 Å². The van der Waals surface area contributed by atoms with Crippen molar-refractivity contribution in [2.45, 2.75) is 38.3 Å². The van der Waals surface area contributed by atoms with E-state index in [1.165, 1.54) is 24.4 Å². The van der Waals surface area contributed by atoms with E-state index in [4.69, 9.17) is 5.73 Å². The molecule has 3 N–H and O–H groups in total. The van der Waals surface area contributed by atoms with Crippen LogP contribution in [-0.2, 0) is 14.6 Å². The number of alkyl halides is 2. The van der Waals surface area contributed by atoms with Crippen LogP contribution < -0.4 is 15.8 Å². The van der Waals surface area contributed by atoms with Gasteiger partial charge in [-0.15, -0.1) is 0 Å². The zero-order valence-corrected chi connectivity index (χ0v) is 20.1. The summed E-state index contributed by atoms with van der Waals surface area (Å²) in [6.07, 6.45) is 4.40. The number of amides is 1. The molecule has 2 aromatic heterocycles. The number of pyridine rings is 2. The largest absolute Gasteiger partial charge is 0.433 e. The number of rotatable bonds is 6. The average Bonchev–Trinajstić information content (AvgIpc) is 2.78. The molecule has 4 rings (SSSR count). The quantitative estimate of drug-likeness (QED) is 0.594. The second-order valence-electron chi connectivity index (χ2n) is 9.10. The lowest BCUT2D eigenvalue weighted by molar-refractivity contribution is -0.126. The molecule has 0 unspecified atom stereocenters. The number of allylic oxidation sites excluding steroid dienone is 1. The maximum Gasteiger partial charge on any atom is 0.387 e. The molecule has 2 fully saturated rings. The van der Waals surface area contributed by atoms with Crippen LogP contribution in [0.15, 0.2) is 47.4 Å². The van der Waals surface area contributed by atoms with Crippen LogP contribution in [-0.4, -0.2) is 53.7 Å². The summed E-state index contributed by atoms with van der Waals surface area (Å²) >= 11 is 0. The highest BCUT2D eigenvalue weighted by atomic mass is 32.2. The van der Waals surface area contributed by atoms with Gasteiger partial charge in [0.1, 0.15) is 11.6 Å². The Morgan fingerprint density at radius 3 is 2.67 bits per heavy atom. The Morgan fingerprint density at radius 1 is 1.28 bits per heavy atom. The van der Waals surface area contributed by atoms with E-state index in [1.54, 1.807) is 6.92 Å². The number of carbonyl (C=O) groups is 1. The van der Waals surface area contributed by atoms with Crippen molar-refractivity contribution >= 4 is 33.0 Å². The molecule has 2 aliphatic rings. The molecule has 0 bridgehead atoms. The highest BCUT2D eigenvalue weighted by Gasteiger charge is 2.46. The van der Waals surface area contributed by atoms with Gasteiger partial charge in [0.15, 0.2) is 15.7 Å². The van der Waals surface area contributed by atoms with Crippen LogP contribution in [0.25, 0.3) is 5.70 Å². The summed E-state index contributed by atoms with van der Waals surface area (Å²) < 4.78 is 66.2. The average molecular weight is 524 g/mol. The molecule has 3 heterocycles. The second kappa shape index (κ2) is 9.88. The first-order valence-corrected chi connectivity index (χ1v) is 12.9. The van der Waals surface area contributed by atoms with Gasteiger partial charge in [0.2, 0.25) is 5.91 Å². The Kier molecular flexibility index (Phi) is 7.03. The molecule has 0 aromatic carbocycles. The number of nitrogens with one attached hydrogen (secondary N) is 1. The summed E-state index contributed by atoms with van der Waals surface area (Å²) in [5, 5.41) is 2.83. The number of aromatic nitrogens is 2. The topological polar surface area (TPSA) is 137 Å². The normalized spacial score (nSPS) is 23.1. The minimum atomic E-state index is -3.15. The molecular weight excluding hydrogens is 499 g/mol. The SMILES string of the molecule is CC1(NC(=O)[C@@H]2CCC(=C(N)c3cncc(OC(F)F)c3)C(=Nc3ccc(F)cn3)C2)CS(=O)(=O)C1. The smallest absolute Gasteiger partial charge is 0.387 e. The number of hydrogen-bond donors (Lipinski definition) is 2. The molecule has 1 saturated heterocycles. The van der Waals surface area contributed by atoms with E-state index in [0.717, 1.165) is 12.4 Å². The van der Waals surface area contributed by atoms with Gasteiger partial charge in [-0.05, 0) is 43.5 Å². The van der Waals surface area contributed by atoms with Crippen LogP contribution >= 0.6 is 0 Å². The van der Waals surface area contributed by atoms with Gasteiger partial charge in [-0.1, -0.05) is 0 Å². The number of nitrogens with two attached hydrogens (primary N) is 1. The zero-order valence-electron chi connectivity index (χ0n) is 19.2. The van der Waals surface area contributed by atoms with Gasteiger partial charge in [-0.3, -0.25) is 9.78 Å². The van der Waals surface area contributed by atoms with Crippen LogP contribution in [0.2, 0.25) is 0 Å². The third-order valence-electron chi connectivity index (χ3n) is 5.94. The van der Waals surface area contributed by atoms with Crippen molar-refractivity contribution in [1.29, 1.82) is 0 Å². The Labute approximate surface area is 205 Å². The number of nitrogens with zero attached hydrogens (tertiary/aromatic N) is 3. The van der Waals surface area contributed by atoms with Gasteiger partial charge in [0.25, 0.3) is 0 Å². The van der Waals surface area contributed by atoms with E-state index >= 15 is 0 Å². The van der Waals surface area contributed by atoms with E-state index < -0.39 is 33.7 Å². The molecular formula is C23H24F3N5O4S. The molecule has 1 atom stereocenters. The van der Waals surface area contributed by atoms with E-state index in [-0.39, 0.29) is 41.1 Å². The summed E-state index contributed by atoms with van der Waals surface area (Å²) in [7, 11) is -3.15. The zero-order chi connectivity index (χ0) is 26.1. The maximum atomic E-state index is 13.3. The van der Waals surface area contributed by atoms with Gasteiger partial charge in [-0.2, -0.15) is 8.78 Å². The number of ether oxygens (including phenoxy) is 1. The molecule has 0 spiro atoms. The van der Waals surface area contributed by atoms with Crippen LogP contribution in [0.4, 0.5) is 19.0 Å². The van der Waals surface area contributed by atoms with Gasteiger partial charge in [0, 0.05) is 35.5 Å². The molecule has 13 heteroatoms. The Balaban J connectivity index is 1.63. The predicted molar refractivity (Wildman–Crippen MR) is 126 cm³/mol. The van der Waals surface area contributed by atoms with Crippen molar-refractivity contribution in [3.8, 4) is 5.75 Å². The van der Waals surface area contributed by atoms with Gasteiger partial charge in [0.05, 0.1) is 29.4 Å². The van der Waals surface area contributed by atoms with Gasteiger partial charge in [-0.25, -0.2) is 22.8 Å². The molecule has 1 amide bonds. The number of hydrogen-bond acceptors (Lipinski definition) is 8. The first kappa shape index (κ1) is 25.6. The first-order valence-electron chi connectivity index (χ1n) is 11.0. The molecule has 1 saturated carbocycles. The number of halogens is 3. The van der Waals surface area contributed by atoms with Gasteiger partial charge >= 0.3 is 6.61 Å². The predicted octanol–water partition coefficient (Wildman–Crippen LogP) is 2.76. The minimum Gasteiger partial charge on any atom is -0.433 e. The summed E-state index contributed by atoms with van der Waals surface area (Å²) in [4.78, 5) is 25.3. The molecule has 2 aromatic rings. The number of carbonyl (C=O) groups excluding carboxylic acids is 1. The Hall–Kier alpha value is -3.48. The third-order valence-corrected chi connectivity index (χ3v) is 8.09. The summed E-state index contributed by atoms with van der Waals surface area (Å²) in [6, 6.07) is 3.89. The van der Waals surface area contributed by atoms with Crippen LogP contribution in [0.1, 0.15) is 31.7 Å². The molecule has 9 nitrogen and oxygen atoms in total. The van der Waals surface area contributed by atoms with Crippen LogP contribution in [0, 0.1) is 11.7 Å². The standard InChI is InChI=1S/C23H24F3N5O4S/c1-23(11-36(33,34)12-23)31-21(32)13-2-4-17(18(7-13)30-19-5-3-15(24)9-29-19)20(27)14-6-16(10-28-8-14)35-22(25)26/h3,5-6,8-10,13,22H,2,4,7,11-12,27H2,1H3,(H,31,32)/t13-/m1/s1. The molecule has 1 aliphatic heterocycles.